The highest BCUT2D eigenvalue weighted by molar-refractivity contribution is 7.46. The van der Waals surface area contributed by atoms with Gasteiger partial charge >= 0.3 is 7.82 Å². The molecule has 0 saturated heterocycles. The molecule has 5 heteroatoms. The molecule has 0 fully saturated rings. The Hall–Kier alpha value is 0.110. The van der Waals surface area contributed by atoms with Crippen LogP contribution >= 0.6 is 7.82 Å². The summed E-state index contributed by atoms with van der Waals surface area (Å²) >= 11 is 0. The highest BCUT2D eigenvalue weighted by atomic mass is 31.2. The minimum Gasteiger partial charge on any atom is -0.303 e. The summed E-state index contributed by atoms with van der Waals surface area (Å²) in [4.78, 5) is 11.3. The molecule has 0 spiro atoms. The average molecular weight is 114 g/mol. The van der Waals surface area contributed by atoms with Crippen LogP contribution in [0.2, 0.25) is 0 Å². The number of hydrogen-bond acceptors (Lipinski definition) is 3. The van der Waals surface area contributed by atoms with Crippen molar-refractivity contribution in [3.8, 4) is 0 Å². The zero-order valence-electron chi connectivity index (χ0n) is 4.12. The van der Waals surface area contributed by atoms with E-state index in [0.717, 1.165) is 7.11 Å². The van der Waals surface area contributed by atoms with Gasteiger partial charge in [0.25, 0.3) is 0 Å². The van der Waals surface area contributed by atoms with Crippen molar-refractivity contribution in [3.63, 3.8) is 0 Å². The molecular weight excluding hydrogens is 107 g/mol. The summed E-state index contributed by atoms with van der Waals surface area (Å²) in [5.41, 5.74) is 0. The Labute approximate surface area is 36.5 Å². The van der Waals surface area contributed by atoms with Crippen LogP contribution in [-0.4, -0.2) is 18.3 Å². The summed E-state index contributed by atoms with van der Waals surface area (Å²) in [6, 6.07) is 0. The Balaban J connectivity index is 3.61. The smallest absolute Gasteiger partial charge is 0.303 e. The normalized spacial score (nSPS) is 22.0. The Kier molecular flexibility index (Phi) is 1.22. The van der Waals surface area contributed by atoms with E-state index in [1.807, 2.05) is 0 Å². The van der Waals surface area contributed by atoms with E-state index in [0.29, 0.717) is 0 Å². The lowest BCUT2D eigenvalue weighted by Crippen LogP contribution is -1.76. The Morgan fingerprint density at radius 3 is 2.67 bits per heavy atom. The second-order valence-corrected chi connectivity index (χ2v) is 1.95. The first kappa shape index (κ1) is 4.27. The molecule has 0 radical (unpaired) electrons. The van der Waals surface area contributed by atoms with Crippen LogP contribution in [0.15, 0.2) is 0 Å². The molecule has 0 heterocycles. The number of phosphoric acid groups is 1. The van der Waals surface area contributed by atoms with Gasteiger partial charge in [0.15, 0.2) is 0 Å². The van der Waals surface area contributed by atoms with Gasteiger partial charge in [0, 0.05) is 7.11 Å². The lowest BCUT2D eigenvalue weighted by molar-refractivity contribution is 0.235. The van der Waals surface area contributed by atoms with E-state index in [9.17, 15) is 4.57 Å². The van der Waals surface area contributed by atoms with Crippen LogP contribution in [0.25, 0.3) is 0 Å². The lowest BCUT2D eigenvalue weighted by Gasteiger charge is -1.93. The van der Waals surface area contributed by atoms with Crippen LogP contribution in [0, 0.1) is 0 Å². The maximum Gasteiger partial charge on any atom is 0.469 e. The first-order chi connectivity index (χ1) is 3.12. The van der Waals surface area contributed by atoms with Crippen molar-refractivity contribution in [2.75, 3.05) is 7.11 Å². The first-order valence-electron chi connectivity index (χ1n) is 1.56. The van der Waals surface area contributed by atoms with Gasteiger partial charge < -0.3 is 9.79 Å². The van der Waals surface area contributed by atoms with Crippen molar-refractivity contribution in [1.29, 1.82) is 1.43 Å². The van der Waals surface area contributed by atoms with Crippen molar-refractivity contribution in [1.82, 2.24) is 0 Å². The highest BCUT2D eigenvalue weighted by Crippen LogP contribution is 2.33. The van der Waals surface area contributed by atoms with E-state index in [4.69, 9.17) is 6.32 Å². The molecule has 38 valence electrons. The lowest BCUT2D eigenvalue weighted by atomic mass is 11.8. The van der Waals surface area contributed by atoms with Gasteiger partial charge in [-0.2, -0.15) is 0 Å². The minimum absolute atomic E-state index is 0.981. The first-order valence-corrected chi connectivity index (χ1v) is 2.65. The van der Waals surface area contributed by atoms with E-state index in [1.54, 1.807) is 0 Å². The van der Waals surface area contributed by atoms with Crippen LogP contribution < -0.4 is 0 Å². The molecule has 1 unspecified atom stereocenters. The monoisotopic (exact) mass is 114 g/mol. The molecule has 6 heavy (non-hydrogen) atoms. The Morgan fingerprint density at radius 2 is 2.67 bits per heavy atom. The fourth-order valence-electron chi connectivity index (χ4n) is 0. The van der Waals surface area contributed by atoms with Crippen molar-refractivity contribution in [2.24, 2.45) is 0 Å². The van der Waals surface area contributed by atoms with Crippen molar-refractivity contribution < 1.29 is 18.9 Å². The quantitative estimate of drug-likeness (QED) is 0.484. The molecule has 0 aliphatic heterocycles. The molecule has 0 aliphatic rings. The van der Waals surface area contributed by atoms with Gasteiger partial charge in [-0.05, 0) is 0 Å². The maximum atomic E-state index is 9.88. The van der Waals surface area contributed by atoms with Gasteiger partial charge in [-0.3, -0.25) is 4.52 Å². The topological polar surface area (TPSA) is 66.8 Å². The second kappa shape index (κ2) is 1.71. The van der Waals surface area contributed by atoms with Gasteiger partial charge in [-0.15, -0.1) is 0 Å². The fraction of sp³-hybridized carbons (Fsp3) is 1.00. The number of rotatable bonds is 2. The molecule has 0 aromatic rings. The highest BCUT2D eigenvalue weighted by Gasteiger charge is 2.07. The minimum atomic E-state index is -3.99. The molecule has 0 bridgehead atoms. The predicted molar refractivity (Wildman–Crippen MR) is 19.1 cm³/mol. The van der Waals surface area contributed by atoms with E-state index in [2.05, 4.69) is 9.42 Å². The average Bonchev–Trinajstić information content (AvgIpc) is 1.68. The molecule has 4 nitrogen and oxygen atoms in total. The van der Waals surface area contributed by atoms with E-state index < -0.39 is 7.82 Å². The molecule has 2 N–H and O–H groups in total. The molecule has 0 saturated carbocycles. The summed E-state index contributed by atoms with van der Waals surface area (Å²) in [5.74, 6) is 0. The summed E-state index contributed by atoms with van der Waals surface area (Å²) < 4.78 is 19.5. The number of hydrogen-bond donors (Lipinski definition) is 2. The standard InChI is InChI=1S/CH5O4P/c1-5-6(2,3)4/h1H3,(H2,2,3,4)/i/hT. The van der Waals surface area contributed by atoms with E-state index in [-0.39, 0.29) is 0 Å². The van der Waals surface area contributed by atoms with E-state index in [1.165, 1.54) is 0 Å². The van der Waals surface area contributed by atoms with Gasteiger partial charge in [0.1, 0.15) is 0 Å². The molecule has 1 atom stereocenters. The molecule has 0 aromatic carbocycles. The zero-order chi connectivity index (χ0) is 5.91. The molecular formula is CH5O4P. The van der Waals surface area contributed by atoms with Gasteiger partial charge in [-0.25, -0.2) is 4.57 Å². The SMILES string of the molecule is [3H]OP(=O)(O)OC. The van der Waals surface area contributed by atoms with Crippen molar-refractivity contribution in [2.45, 2.75) is 0 Å². The summed E-state index contributed by atoms with van der Waals surface area (Å²) in [6.07, 6.45) is 0. The van der Waals surface area contributed by atoms with Gasteiger partial charge in [0.2, 0.25) is 1.43 Å². The Morgan fingerprint density at radius 1 is 2.17 bits per heavy atom. The molecule has 0 rings (SSSR count). The van der Waals surface area contributed by atoms with Crippen LogP contribution in [0.1, 0.15) is 0 Å². The van der Waals surface area contributed by atoms with Crippen molar-refractivity contribution >= 4 is 7.82 Å². The van der Waals surface area contributed by atoms with Crippen LogP contribution in [-0.2, 0) is 9.09 Å². The van der Waals surface area contributed by atoms with Gasteiger partial charge in [-0.1, -0.05) is 0 Å². The summed E-state index contributed by atoms with van der Waals surface area (Å²) in [7, 11) is -3.01. The van der Waals surface area contributed by atoms with Crippen LogP contribution in [0.4, 0.5) is 0 Å². The third-order valence-corrected chi connectivity index (χ3v) is 0.692. The molecule has 0 aromatic heterocycles. The molecule has 0 amide bonds. The zero-order valence-corrected chi connectivity index (χ0v) is 4.01. The van der Waals surface area contributed by atoms with E-state index >= 15 is 0 Å². The maximum absolute atomic E-state index is 9.88. The van der Waals surface area contributed by atoms with Crippen molar-refractivity contribution in [3.05, 3.63) is 0 Å². The largest absolute Gasteiger partial charge is 0.469 e. The third kappa shape index (κ3) is 4.11. The number of phosphoric ester groups is 1. The van der Waals surface area contributed by atoms with Crippen LogP contribution in [0.3, 0.4) is 0 Å². The fourth-order valence-corrected chi connectivity index (χ4v) is 0. The van der Waals surface area contributed by atoms with Crippen LogP contribution in [0.5, 0.6) is 0 Å². The molecule has 0 aliphatic carbocycles. The second-order valence-electron chi connectivity index (χ2n) is 0.651. The van der Waals surface area contributed by atoms with Gasteiger partial charge in [0.05, 0.1) is 0 Å². The summed E-state index contributed by atoms with van der Waals surface area (Å²) in [5, 5.41) is 0. The predicted octanol–water partition coefficient (Wildman–Crippen LogP) is -0.274. The Bertz CT molecular complexity index is 83.7. The summed E-state index contributed by atoms with van der Waals surface area (Å²) in [6.45, 7) is 0. The third-order valence-electron chi connectivity index (χ3n) is 0.231.